The van der Waals surface area contributed by atoms with E-state index in [-0.39, 0.29) is 0 Å². The third kappa shape index (κ3) is 4.19. The summed E-state index contributed by atoms with van der Waals surface area (Å²) >= 11 is 0. The summed E-state index contributed by atoms with van der Waals surface area (Å²) in [5.41, 5.74) is 0.389. The lowest BCUT2D eigenvalue weighted by atomic mass is 9.87. The fourth-order valence-electron chi connectivity index (χ4n) is 3.69. The molecule has 0 aromatic rings. The van der Waals surface area contributed by atoms with Crippen molar-refractivity contribution in [2.45, 2.75) is 65.0 Å². The van der Waals surface area contributed by atoms with Gasteiger partial charge in [-0.1, -0.05) is 13.8 Å². The van der Waals surface area contributed by atoms with Crippen LogP contribution in [0.15, 0.2) is 0 Å². The van der Waals surface area contributed by atoms with Crippen molar-refractivity contribution in [2.24, 2.45) is 11.8 Å². The standard InChI is InChI=1S/C17H34N2O/c1-5-20-10-6-9-19-12-16(11-14(2)3)18-13-17(19,4)15-7-8-15/h14-16,18H,5-13H2,1-4H3. The average molecular weight is 282 g/mol. The number of ether oxygens (including phenoxy) is 1. The first-order valence-corrected chi connectivity index (χ1v) is 8.62. The van der Waals surface area contributed by atoms with E-state index in [1.807, 2.05) is 0 Å². The van der Waals surface area contributed by atoms with Crippen LogP contribution >= 0.6 is 0 Å². The van der Waals surface area contributed by atoms with Gasteiger partial charge in [-0.15, -0.1) is 0 Å². The Hall–Kier alpha value is -0.120. The summed E-state index contributed by atoms with van der Waals surface area (Å²) < 4.78 is 5.52. The van der Waals surface area contributed by atoms with Crippen molar-refractivity contribution in [1.82, 2.24) is 10.2 Å². The molecule has 118 valence electrons. The zero-order chi connectivity index (χ0) is 14.6. The highest BCUT2D eigenvalue weighted by atomic mass is 16.5. The van der Waals surface area contributed by atoms with Crippen LogP contribution in [-0.4, -0.2) is 49.3 Å². The lowest BCUT2D eigenvalue weighted by Crippen LogP contribution is -2.64. The first-order chi connectivity index (χ1) is 9.56. The lowest BCUT2D eigenvalue weighted by Gasteiger charge is -2.49. The second-order valence-electron chi connectivity index (χ2n) is 7.34. The average Bonchev–Trinajstić information content (AvgIpc) is 3.22. The molecule has 1 saturated carbocycles. The summed E-state index contributed by atoms with van der Waals surface area (Å²) in [6.45, 7) is 14.6. The molecule has 0 radical (unpaired) electrons. The molecule has 0 bridgehead atoms. The maximum atomic E-state index is 5.52. The molecule has 0 aromatic heterocycles. The summed E-state index contributed by atoms with van der Waals surface area (Å²) in [6, 6.07) is 0.675. The zero-order valence-corrected chi connectivity index (χ0v) is 14.0. The van der Waals surface area contributed by atoms with Crippen molar-refractivity contribution in [3.8, 4) is 0 Å². The van der Waals surface area contributed by atoms with Gasteiger partial charge in [-0.3, -0.25) is 4.90 Å². The van der Waals surface area contributed by atoms with Crippen LogP contribution in [-0.2, 0) is 4.74 Å². The molecule has 0 aromatic carbocycles. The quantitative estimate of drug-likeness (QED) is 0.693. The third-order valence-corrected chi connectivity index (χ3v) is 5.05. The van der Waals surface area contributed by atoms with Gasteiger partial charge in [0.15, 0.2) is 0 Å². The van der Waals surface area contributed by atoms with Crippen LogP contribution in [0, 0.1) is 11.8 Å². The van der Waals surface area contributed by atoms with E-state index in [0.717, 1.165) is 25.0 Å². The number of hydrogen-bond donors (Lipinski definition) is 1. The molecule has 2 fully saturated rings. The van der Waals surface area contributed by atoms with Gasteiger partial charge < -0.3 is 10.1 Å². The monoisotopic (exact) mass is 282 g/mol. The van der Waals surface area contributed by atoms with Crippen LogP contribution in [0.25, 0.3) is 0 Å². The molecule has 2 unspecified atom stereocenters. The fraction of sp³-hybridized carbons (Fsp3) is 1.00. The van der Waals surface area contributed by atoms with Crippen molar-refractivity contribution < 1.29 is 4.74 Å². The third-order valence-electron chi connectivity index (χ3n) is 5.05. The lowest BCUT2D eigenvalue weighted by molar-refractivity contribution is 0.0220. The van der Waals surface area contributed by atoms with Gasteiger partial charge in [0.25, 0.3) is 0 Å². The van der Waals surface area contributed by atoms with E-state index in [2.05, 4.69) is 37.9 Å². The molecule has 2 aliphatic rings. The van der Waals surface area contributed by atoms with Crippen molar-refractivity contribution in [3.05, 3.63) is 0 Å². The molecule has 1 N–H and O–H groups in total. The SMILES string of the molecule is CCOCCCN1CC(CC(C)C)NCC1(C)C1CC1. The van der Waals surface area contributed by atoms with E-state index in [4.69, 9.17) is 4.74 Å². The number of nitrogens with one attached hydrogen (secondary N) is 1. The van der Waals surface area contributed by atoms with Crippen LogP contribution in [0.2, 0.25) is 0 Å². The Bertz CT molecular complexity index is 291. The predicted octanol–water partition coefficient (Wildman–Crippen LogP) is 2.90. The van der Waals surface area contributed by atoms with Gasteiger partial charge >= 0.3 is 0 Å². The normalized spacial score (nSPS) is 31.9. The van der Waals surface area contributed by atoms with Gasteiger partial charge in [0.05, 0.1) is 0 Å². The van der Waals surface area contributed by atoms with E-state index in [0.29, 0.717) is 11.6 Å². The van der Waals surface area contributed by atoms with Gasteiger partial charge in [0.2, 0.25) is 0 Å². The molecule has 1 saturated heterocycles. The first kappa shape index (κ1) is 16.3. The molecule has 20 heavy (non-hydrogen) atoms. The molecular weight excluding hydrogens is 248 g/mol. The Morgan fingerprint density at radius 2 is 2.10 bits per heavy atom. The Labute approximate surface area is 125 Å². The minimum atomic E-state index is 0.389. The molecule has 3 nitrogen and oxygen atoms in total. The number of nitrogens with zero attached hydrogens (tertiary/aromatic N) is 1. The Balaban J connectivity index is 1.88. The van der Waals surface area contributed by atoms with Gasteiger partial charge in [0, 0.05) is 44.4 Å². The minimum Gasteiger partial charge on any atom is -0.382 e. The molecule has 1 aliphatic carbocycles. The molecule has 1 aliphatic heterocycles. The number of rotatable bonds is 8. The largest absolute Gasteiger partial charge is 0.382 e. The molecule has 3 heteroatoms. The van der Waals surface area contributed by atoms with Crippen molar-refractivity contribution >= 4 is 0 Å². The molecule has 0 spiro atoms. The molecule has 0 amide bonds. The summed E-state index contributed by atoms with van der Waals surface area (Å²) in [6.07, 6.45) is 5.32. The highest BCUT2D eigenvalue weighted by molar-refractivity contribution is 5.04. The minimum absolute atomic E-state index is 0.389. The fourth-order valence-corrected chi connectivity index (χ4v) is 3.69. The van der Waals surface area contributed by atoms with Crippen LogP contribution < -0.4 is 5.32 Å². The van der Waals surface area contributed by atoms with E-state index in [9.17, 15) is 0 Å². The van der Waals surface area contributed by atoms with Gasteiger partial charge in [-0.25, -0.2) is 0 Å². The summed E-state index contributed by atoms with van der Waals surface area (Å²) in [5.74, 6) is 1.70. The van der Waals surface area contributed by atoms with E-state index < -0.39 is 0 Å². The van der Waals surface area contributed by atoms with Crippen molar-refractivity contribution in [2.75, 3.05) is 32.8 Å². The van der Waals surface area contributed by atoms with Gasteiger partial charge in [-0.2, -0.15) is 0 Å². The summed E-state index contributed by atoms with van der Waals surface area (Å²) in [4.78, 5) is 2.77. The van der Waals surface area contributed by atoms with E-state index in [1.54, 1.807) is 0 Å². The molecule has 1 heterocycles. The smallest absolute Gasteiger partial charge is 0.0478 e. The van der Waals surface area contributed by atoms with Crippen molar-refractivity contribution in [3.63, 3.8) is 0 Å². The van der Waals surface area contributed by atoms with Crippen LogP contribution in [0.1, 0.15) is 53.4 Å². The number of hydrogen-bond acceptors (Lipinski definition) is 3. The molecule has 2 rings (SSSR count). The van der Waals surface area contributed by atoms with Crippen LogP contribution in [0.3, 0.4) is 0 Å². The highest BCUT2D eigenvalue weighted by Gasteiger charge is 2.47. The van der Waals surface area contributed by atoms with Crippen LogP contribution in [0.5, 0.6) is 0 Å². The highest BCUT2D eigenvalue weighted by Crippen LogP contribution is 2.44. The van der Waals surface area contributed by atoms with E-state index in [1.165, 1.54) is 45.3 Å². The maximum absolute atomic E-state index is 5.52. The summed E-state index contributed by atoms with van der Waals surface area (Å²) in [5, 5.41) is 3.82. The van der Waals surface area contributed by atoms with E-state index >= 15 is 0 Å². The molecule has 2 atom stereocenters. The first-order valence-electron chi connectivity index (χ1n) is 8.62. The Morgan fingerprint density at radius 3 is 2.70 bits per heavy atom. The molecular formula is C17H34N2O. The summed E-state index contributed by atoms with van der Waals surface area (Å²) in [7, 11) is 0. The van der Waals surface area contributed by atoms with Crippen molar-refractivity contribution in [1.29, 1.82) is 0 Å². The van der Waals surface area contributed by atoms with Gasteiger partial charge in [-0.05, 0) is 51.4 Å². The number of piperazine rings is 1. The second-order valence-corrected chi connectivity index (χ2v) is 7.34. The Kier molecular flexibility index (Phi) is 5.88. The second kappa shape index (κ2) is 7.24. The predicted molar refractivity (Wildman–Crippen MR) is 85.1 cm³/mol. The van der Waals surface area contributed by atoms with Gasteiger partial charge in [0.1, 0.15) is 0 Å². The van der Waals surface area contributed by atoms with Crippen LogP contribution in [0.4, 0.5) is 0 Å². The Morgan fingerprint density at radius 1 is 1.35 bits per heavy atom. The topological polar surface area (TPSA) is 24.5 Å². The maximum Gasteiger partial charge on any atom is 0.0478 e. The zero-order valence-electron chi connectivity index (χ0n) is 14.0.